The molecule has 254 valence electrons. The van der Waals surface area contributed by atoms with E-state index in [2.05, 4.69) is 10.3 Å². The smallest absolute Gasteiger partial charge is 0.220 e. The predicted octanol–water partition coefficient (Wildman–Crippen LogP) is 0.00202. The number of aliphatic imine (C=N–C) groups is 1. The van der Waals surface area contributed by atoms with Gasteiger partial charge in [0.15, 0.2) is 5.43 Å². The van der Waals surface area contributed by atoms with Gasteiger partial charge in [0.1, 0.15) is 59.3 Å². The van der Waals surface area contributed by atoms with Crippen molar-refractivity contribution in [3.63, 3.8) is 0 Å². The van der Waals surface area contributed by atoms with Crippen LogP contribution in [0.15, 0.2) is 55.9 Å². The lowest BCUT2D eigenvalue weighted by Gasteiger charge is -2.43. The lowest BCUT2D eigenvalue weighted by molar-refractivity contribution is -0.365. The number of amides is 1. The van der Waals surface area contributed by atoms with Crippen molar-refractivity contribution in [2.45, 2.75) is 75.1 Å². The molecule has 1 aromatic carbocycles. The Labute approximate surface area is 270 Å². The number of carbonyl (C=O) groups is 1. The summed E-state index contributed by atoms with van der Waals surface area (Å²) in [5.74, 6) is 1.10. The number of allylic oxidation sites excluding steroid dienone is 1. The number of β-amino-alcohol motifs (C(OH)–C–C–N with tert-alkyl or cyclic N) is 1. The Kier molecular flexibility index (Phi) is 9.28. The minimum absolute atomic E-state index is 0.00396. The molecule has 1 fully saturated rings. The van der Waals surface area contributed by atoms with E-state index >= 15 is 0 Å². The van der Waals surface area contributed by atoms with Crippen molar-refractivity contribution in [2.24, 2.45) is 10.9 Å². The lowest BCUT2D eigenvalue weighted by atomic mass is 9.83. The van der Waals surface area contributed by atoms with E-state index in [9.17, 15) is 35.1 Å². The summed E-state index contributed by atoms with van der Waals surface area (Å²) in [7, 11) is 0. The van der Waals surface area contributed by atoms with E-state index in [4.69, 9.17) is 18.9 Å². The van der Waals surface area contributed by atoms with Crippen LogP contribution in [-0.2, 0) is 21.0 Å². The van der Waals surface area contributed by atoms with E-state index in [1.807, 2.05) is 13.0 Å². The quantitative estimate of drug-likeness (QED) is 0.125. The Morgan fingerprint density at radius 3 is 2.77 bits per heavy atom. The van der Waals surface area contributed by atoms with Crippen LogP contribution in [0.25, 0.3) is 11.0 Å². The molecular formula is C33H41N3O11. The van der Waals surface area contributed by atoms with Crippen molar-refractivity contribution in [2.75, 3.05) is 32.8 Å². The Bertz CT molecular complexity index is 1670. The van der Waals surface area contributed by atoms with Crippen LogP contribution in [0.2, 0.25) is 0 Å². The van der Waals surface area contributed by atoms with Gasteiger partial charge >= 0.3 is 0 Å². The average molecular weight is 656 g/mol. The average Bonchev–Trinajstić information content (AvgIpc) is 3.77. The molecule has 14 heteroatoms. The van der Waals surface area contributed by atoms with E-state index < -0.39 is 48.8 Å². The molecule has 7 atom stereocenters. The van der Waals surface area contributed by atoms with Crippen molar-refractivity contribution in [3.05, 3.63) is 63.3 Å². The highest BCUT2D eigenvalue weighted by atomic mass is 17.2. The van der Waals surface area contributed by atoms with Gasteiger partial charge in [-0.2, -0.15) is 0 Å². The molecule has 0 radical (unpaired) electrons. The third-order valence-electron chi connectivity index (χ3n) is 9.62. The van der Waals surface area contributed by atoms with E-state index in [1.165, 1.54) is 6.07 Å². The van der Waals surface area contributed by atoms with E-state index in [0.717, 1.165) is 0 Å². The molecule has 6 N–H and O–H groups in total. The van der Waals surface area contributed by atoms with Gasteiger partial charge in [0.05, 0.1) is 29.9 Å². The van der Waals surface area contributed by atoms with Gasteiger partial charge in [-0.3, -0.25) is 14.6 Å². The molecule has 0 bridgehead atoms. The first kappa shape index (κ1) is 33.3. The molecule has 14 nitrogen and oxygen atoms in total. The number of aliphatic hydroxyl groups excluding tert-OH is 4. The van der Waals surface area contributed by atoms with Gasteiger partial charge in [-0.1, -0.05) is 0 Å². The van der Waals surface area contributed by atoms with Gasteiger partial charge in [-0.05, 0) is 56.4 Å². The summed E-state index contributed by atoms with van der Waals surface area (Å²) in [5, 5.41) is 56.7. The highest BCUT2D eigenvalue weighted by molar-refractivity contribution is 5.80. The number of benzene rings is 1. The van der Waals surface area contributed by atoms with Crippen LogP contribution in [0.4, 0.5) is 0 Å². The van der Waals surface area contributed by atoms with Crippen molar-refractivity contribution in [1.29, 1.82) is 0 Å². The zero-order valence-corrected chi connectivity index (χ0v) is 26.3. The minimum Gasteiger partial charge on any atom is -0.484 e. The zero-order valence-electron chi connectivity index (χ0n) is 26.3. The second-order valence-electron chi connectivity index (χ2n) is 13.1. The molecule has 4 aliphatic rings. The van der Waals surface area contributed by atoms with Crippen molar-refractivity contribution in [3.8, 4) is 5.75 Å². The lowest BCUT2D eigenvalue weighted by Crippen LogP contribution is -2.63. The van der Waals surface area contributed by atoms with Crippen LogP contribution < -0.4 is 15.5 Å². The first-order valence-electron chi connectivity index (χ1n) is 15.8. The van der Waals surface area contributed by atoms with Crippen molar-refractivity contribution in [1.82, 2.24) is 10.2 Å². The zero-order chi connectivity index (χ0) is 33.5. The van der Waals surface area contributed by atoms with Crippen LogP contribution in [-0.4, -0.2) is 111 Å². The summed E-state index contributed by atoms with van der Waals surface area (Å²) in [6.07, 6.45) is 0.716. The Hall–Kier alpha value is -3.63. The van der Waals surface area contributed by atoms with Gasteiger partial charge < -0.3 is 44.9 Å². The Balaban J connectivity index is 1.20. The molecule has 5 heterocycles. The summed E-state index contributed by atoms with van der Waals surface area (Å²) >= 11 is 0. The van der Waals surface area contributed by atoms with Crippen molar-refractivity contribution >= 4 is 23.1 Å². The molecular weight excluding hydrogens is 614 g/mol. The summed E-state index contributed by atoms with van der Waals surface area (Å²) in [6, 6.07) is 4.80. The third kappa shape index (κ3) is 6.59. The summed E-state index contributed by atoms with van der Waals surface area (Å²) in [6.45, 7) is 2.68. The molecule has 2 aromatic rings. The Morgan fingerprint density at radius 1 is 1.21 bits per heavy atom. The minimum atomic E-state index is -2.36. The predicted molar refractivity (Wildman–Crippen MR) is 167 cm³/mol. The van der Waals surface area contributed by atoms with Gasteiger partial charge in [0.2, 0.25) is 5.91 Å². The van der Waals surface area contributed by atoms with Crippen LogP contribution in [0.3, 0.4) is 0 Å². The van der Waals surface area contributed by atoms with E-state index in [1.54, 1.807) is 36.2 Å². The summed E-state index contributed by atoms with van der Waals surface area (Å²) < 4.78 is 12.3. The monoisotopic (exact) mass is 655 g/mol. The first-order chi connectivity index (χ1) is 22.4. The molecule has 1 aromatic heterocycles. The number of ether oxygens (including phenoxy) is 1. The fourth-order valence-electron chi connectivity index (χ4n) is 6.72. The molecule has 1 amide bonds. The molecule has 0 aliphatic carbocycles. The van der Waals surface area contributed by atoms with Crippen LogP contribution >= 0.6 is 0 Å². The molecule has 6 rings (SSSR count). The number of aliphatic hydroxyl groups is 5. The molecule has 4 aliphatic heterocycles. The van der Waals surface area contributed by atoms with Gasteiger partial charge in [0, 0.05) is 44.3 Å². The van der Waals surface area contributed by atoms with Gasteiger partial charge in [0.25, 0.3) is 0 Å². The molecule has 0 spiro atoms. The molecule has 7 unspecified atom stereocenters. The van der Waals surface area contributed by atoms with E-state index in [-0.39, 0.29) is 30.2 Å². The van der Waals surface area contributed by atoms with Crippen LogP contribution in [0.5, 0.6) is 5.75 Å². The van der Waals surface area contributed by atoms with Gasteiger partial charge in [-0.25, -0.2) is 9.78 Å². The first-order valence-corrected chi connectivity index (χ1v) is 15.8. The third-order valence-corrected chi connectivity index (χ3v) is 9.62. The van der Waals surface area contributed by atoms with Gasteiger partial charge in [-0.15, -0.1) is 0 Å². The number of carbonyl (C=O) groups excluding carboxylic acids is 1. The highest BCUT2D eigenvalue weighted by Crippen LogP contribution is 2.40. The molecule has 47 heavy (non-hydrogen) atoms. The second-order valence-corrected chi connectivity index (χ2v) is 13.1. The largest absolute Gasteiger partial charge is 0.484 e. The SMILES string of the molecule is Cc1cc(=O)c2cc3c(cc2o1)OC(C)(CCC1CNC(=O)C1)C(OOCC(O)C(O)(CN1CC=C2N=CC=C21)C(O)C(O)CO)C3. The van der Waals surface area contributed by atoms with Crippen LogP contribution in [0, 0.1) is 12.8 Å². The molecule has 0 saturated carbocycles. The fraction of sp³-hybridized carbons (Fsp3) is 0.545. The summed E-state index contributed by atoms with van der Waals surface area (Å²) in [5.41, 5.74) is -1.08. The van der Waals surface area contributed by atoms with Crippen LogP contribution in [0.1, 0.15) is 37.5 Å². The summed E-state index contributed by atoms with van der Waals surface area (Å²) in [4.78, 5) is 41.9. The number of hydrogen-bond donors (Lipinski definition) is 6. The van der Waals surface area contributed by atoms with Crippen molar-refractivity contribution < 1.29 is 49.3 Å². The standard InChI is InChI=1S/C33H41N3O11/c1-18-9-24(38)21-11-20-12-29(32(2,46-26(20)13-27(21)45-18)6-3-19-10-30(41)35-14-19)47-44-16-28(40)33(43,31(42)25(39)15-37)17-36-8-5-22-23(36)4-7-34-22/h4-5,7,9,11,13,19,25,28-29,31,37,39-40,42-43H,3,6,8,10,12,14-17H2,1-2H3,(H,35,41). The maximum atomic E-state index is 12.7. The fourth-order valence-corrected chi connectivity index (χ4v) is 6.72. The maximum Gasteiger partial charge on any atom is 0.220 e. The van der Waals surface area contributed by atoms with E-state index in [0.29, 0.717) is 71.8 Å². The number of nitrogens with one attached hydrogen (secondary N) is 1. The Morgan fingerprint density at radius 2 is 2.02 bits per heavy atom. The highest BCUT2D eigenvalue weighted by Gasteiger charge is 2.49. The normalized spacial score (nSPS) is 26.6. The number of aryl methyl sites for hydroxylation is 1. The second kappa shape index (κ2) is 13.1. The number of hydrogen-bond acceptors (Lipinski definition) is 13. The molecule has 1 saturated heterocycles. The number of fused-ring (bicyclic) bond motifs is 3. The topological polar surface area (TPSA) is 204 Å². The number of rotatable bonds is 13. The number of nitrogens with zero attached hydrogens (tertiary/aromatic N) is 2. The maximum absolute atomic E-state index is 12.7.